The Labute approximate surface area is 153 Å². The molecule has 0 aliphatic heterocycles. The number of nitrogens with one attached hydrogen (secondary N) is 1. The Morgan fingerprint density at radius 2 is 2.00 bits per heavy atom. The van der Waals surface area contributed by atoms with E-state index >= 15 is 0 Å². The van der Waals surface area contributed by atoms with Gasteiger partial charge in [0.1, 0.15) is 0 Å². The van der Waals surface area contributed by atoms with Crippen LogP contribution in [-0.4, -0.2) is 17.4 Å². The number of nitrogens with zero attached hydrogens (tertiary/aromatic N) is 1. The van der Waals surface area contributed by atoms with Gasteiger partial charge in [0.25, 0.3) is 0 Å². The van der Waals surface area contributed by atoms with Gasteiger partial charge in [-0.1, -0.05) is 51.8 Å². The zero-order chi connectivity index (χ0) is 16.7. The molecule has 0 bridgehead atoms. The molecule has 0 aromatic heterocycles. The largest absolute Gasteiger partial charge is 0.272 e. The predicted molar refractivity (Wildman–Crippen MR) is 102 cm³/mol. The Bertz CT molecular complexity index is 704. The SMILES string of the molecule is C/C(=N\NC(=O)CSCc1cccc(Cl)c1)c1ccc(Br)cc1. The molecular formula is C17H16BrClN2OS. The molecule has 0 spiro atoms. The third kappa shape index (κ3) is 6.37. The number of thioether (sulfide) groups is 1. The third-order valence-corrected chi connectivity index (χ3v) is 4.77. The lowest BCUT2D eigenvalue weighted by molar-refractivity contribution is -0.118. The number of amides is 1. The lowest BCUT2D eigenvalue weighted by atomic mass is 10.1. The summed E-state index contributed by atoms with van der Waals surface area (Å²) in [6, 6.07) is 15.4. The van der Waals surface area contributed by atoms with Gasteiger partial charge < -0.3 is 0 Å². The maximum absolute atomic E-state index is 11.8. The molecule has 2 aromatic carbocycles. The fraction of sp³-hybridized carbons (Fsp3) is 0.176. The average Bonchev–Trinajstić information content (AvgIpc) is 2.53. The summed E-state index contributed by atoms with van der Waals surface area (Å²) in [6.07, 6.45) is 0. The van der Waals surface area contributed by atoms with Gasteiger partial charge in [0, 0.05) is 15.2 Å². The lowest BCUT2D eigenvalue weighted by Crippen LogP contribution is -2.21. The van der Waals surface area contributed by atoms with Crippen LogP contribution < -0.4 is 5.43 Å². The van der Waals surface area contributed by atoms with E-state index in [0.717, 1.165) is 27.1 Å². The van der Waals surface area contributed by atoms with Crippen molar-refractivity contribution in [3.05, 3.63) is 69.2 Å². The van der Waals surface area contributed by atoms with Gasteiger partial charge in [-0.25, -0.2) is 5.43 Å². The van der Waals surface area contributed by atoms with E-state index in [0.29, 0.717) is 10.8 Å². The highest BCUT2D eigenvalue weighted by atomic mass is 79.9. The molecule has 0 saturated heterocycles. The molecule has 2 rings (SSSR count). The van der Waals surface area contributed by atoms with Crippen molar-refractivity contribution in [3.8, 4) is 0 Å². The number of benzene rings is 2. The van der Waals surface area contributed by atoms with Crippen LogP contribution in [0.1, 0.15) is 18.1 Å². The zero-order valence-corrected chi connectivity index (χ0v) is 15.7. The molecular weight excluding hydrogens is 396 g/mol. The van der Waals surface area contributed by atoms with Crippen molar-refractivity contribution in [3.63, 3.8) is 0 Å². The minimum absolute atomic E-state index is 0.117. The number of hydrazone groups is 1. The van der Waals surface area contributed by atoms with E-state index < -0.39 is 0 Å². The number of carbonyl (C=O) groups is 1. The van der Waals surface area contributed by atoms with Gasteiger partial charge in [0.15, 0.2) is 0 Å². The number of rotatable bonds is 6. The Hall–Kier alpha value is -1.30. The van der Waals surface area contributed by atoms with Gasteiger partial charge in [0.05, 0.1) is 11.5 Å². The molecule has 0 atom stereocenters. The molecule has 0 saturated carbocycles. The molecule has 0 heterocycles. The van der Waals surface area contributed by atoms with E-state index in [2.05, 4.69) is 26.5 Å². The molecule has 2 aromatic rings. The molecule has 1 N–H and O–H groups in total. The van der Waals surface area contributed by atoms with Crippen molar-refractivity contribution in [2.24, 2.45) is 5.10 Å². The molecule has 6 heteroatoms. The Morgan fingerprint density at radius 3 is 2.70 bits per heavy atom. The second-order valence-electron chi connectivity index (χ2n) is 4.86. The van der Waals surface area contributed by atoms with Crippen LogP contribution in [-0.2, 0) is 10.5 Å². The summed E-state index contributed by atoms with van der Waals surface area (Å²) in [5, 5.41) is 4.84. The maximum atomic E-state index is 11.8. The number of halogens is 2. The second-order valence-corrected chi connectivity index (χ2v) is 7.20. The maximum Gasteiger partial charge on any atom is 0.250 e. The minimum Gasteiger partial charge on any atom is -0.272 e. The van der Waals surface area contributed by atoms with E-state index in [1.165, 1.54) is 11.8 Å². The predicted octanol–water partition coefficient (Wildman–Crippen LogP) is 4.88. The fourth-order valence-electron chi connectivity index (χ4n) is 1.82. The lowest BCUT2D eigenvalue weighted by Gasteiger charge is -2.04. The summed E-state index contributed by atoms with van der Waals surface area (Å²) >= 11 is 10.8. The summed E-state index contributed by atoms with van der Waals surface area (Å²) in [5.74, 6) is 0.973. The molecule has 0 fully saturated rings. The van der Waals surface area contributed by atoms with Crippen molar-refractivity contribution in [1.82, 2.24) is 5.43 Å². The van der Waals surface area contributed by atoms with Crippen LogP contribution in [0.5, 0.6) is 0 Å². The van der Waals surface area contributed by atoms with Gasteiger partial charge in [-0.05, 0) is 42.3 Å². The highest BCUT2D eigenvalue weighted by Crippen LogP contribution is 2.16. The molecule has 120 valence electrons. The molecule has 1 amide bonds. The van der Waals surface area contributed by atoms with Crippen LogP contribution >= 0.6 is 39.3 Å². The highest BCUT2D eigenvalue weighted by Gasteiger charge is 2.03. The van der Waals surface area contributed by atoms with Crippen LogP contribution in [0, 0.1) is 0 Å². The third-order valence-electron chi connectivity index (χ3n) is 3.00. The first kappa shape index (κ1) is 18.0. The second kappa shape index (κ2) is 9.11. The quantitative estimate of drug-likeness (QED) is 0.544. The number of hydrogen-bond donors (Lipinski definition) is 1. The van der Waals surface area contributed by atoms with Crippen LogP contribution in [0.3, 0.4) is 0 Å². The normalized spacial score (nSPS) is 11.3. The highest BCUT2D eigenvalue weighted by molar-refractivity contribution is 9.10. The summed E-state index contributed by atoms with van der Waals surface area (Å²) < 4.78 is 1.01. The van der Waals surface area contributed by atoms with Gasteiger partial charge in [0.2, 0.25) is 5.91 Å². The average molecular weight is 412 g/mol. The van der Waals surface area contributed by atoms with E-state index in [-0.39, 0.29) is 5.91 Å². The standard InChI is InChI=1S/C17H16BrClN2OS/c1-12(14-5-7-15(18)8-6-14)20-21-17(22)11-23-10-13-3-2-4-16(19)9-13/h2-9H,10-11H2,1H3,(H,21,22)/b20-12+. The number of carbonyl (C=O) groups excluding carboxylic acids is 1. The van der Waals surface area contributed by atoms with Gasteiger partial charge >= 0.3 is 0 Å². The first-order valence-corrected chi connectivity index (χ1v) is 9.28. The van der Waals surface area contributed by atoms with Crippen LogP contribution in [0.15, 0.2) is 58.1 Å². The Morgan fingerprint density at radius 1 is 1.26 bits per heavy atom. The zero-order valence-electron chi connectivity index (χ0n) is 12.6. The van der Waals surface area contributed by atoms with E-state index in [9.17, 15) is 4.79 Å². The molecule has 0 radical (unpaired) electrons. The van der Waals surface area contributed by atoms with Gasteiger partial charge in [-0.3, -0.25) is 4.79 Å². The molecule has 0 unspecified atom stereocenters. The molecule has 0 aliphatic carbocycles. The topological polar surface area (TPSA) is 41.5 Å². The Balaban J connectivity index is 1.78. The van der Waals surface area contributed by atoms with Crippen molar-refractivity contribution in [1.29, 1.82) is 0 Å². The first-order valence-electron chi connectivity index (χ1n) is 6.96. The smallest absolute Gasteiger partial charge is 0.250 e. The van der Waals surface area contributed by atoms with Gasteiger partial charge in [-0.15, -0.1) is 11.8 Å². The Kier molecular flexibility index (Phi) is 7.15. The van der Waals surface area contributed by atoms with Crippen molar-refractivity contribution >= 4 is 50.9 Å². The molecule has 0 aliphatic rings. The first-order chi connectivity index (χ1) is 11.0. The van der Waals surface area contributed by atoms with Crippen LogP contribution in [0.4, 0.5) is 0 Å². The van der Waals surface area contributed by atoms with Crippen LogP contribution in [0.2, 0.25) is 5.02 Å². The summed E-state index contributed by atoms with van der Waals surface area (Å²) in [5.41, 5.74) is 5.43. The van der Waals surface area contributed by atoms with Gasteiger partial charge in [-0.2, -0.15) is 5.10 Å². The van der Waals surface area contributed by atoms with E-state index in [4.69, 9.17) is 11.6 Å². The minimum atomic E-state index is -0.117. The monoisotopic (exact) mass is 410 g/mol. The van der Waals surface area contributed by atoms with Crippen molar-refractivity contribution < 1.29 is 4.79 Å². The van der Waals surface area contributed by atoms with Crippen LogP contribution in [0.25, 0.3) is 0 Å². The molecule has 23 heavy (non-hydrogen) atoms. The fourth-order valence-corrected chi connectivity index (χ4v) is 3.07. The van der Waals surface area contributed by atoms with Crippen molar-refractivity contribution in [2.75, 3.05) is 5.75 Å². The molecule has 3 nitrogen and oxygen atoms in total. The summed E-state index contributed by atoms with van der Waals surface area (Å²) in [4.78, 5) is 11.8. The summed E-state index contributed by atoms with van der Waals surface area (Å²) in [6.45, 7) is 1.86. The van der Waals surface area contributed by atoms with E-state index in [1.54, 1.807) is 0 Å². The summed E-state index contributed by atoms with van der Waals surface area (Å²) in [7, 11) is 0. The van der Waals surface area contributed by atoms with E-state index in [1.807, 2.05) is 55.5 Å². The van der Waals surface area contributed by atoms with Crippen molar-refractivity contribution in [2.45, 2.75) is 12.7 Å². The number of hydrogen-bond acceptors (Lipinski definition) is 3.